The number of fused-ring (bicyclic) bond motifs is 1. The van der Waals surface area contributed by atoms with Crippen LogP contribution in [0.25, 0.3) is 10.9 Å². The lowest BCUT2D eigenvalue weighted by molar-refractivity contribution is -0.142. The quantitative estimate of drug-likeness (QED) is 0.426. The number of para-hydroxylation sites is 1. The van der Waals surface area contributed by atoms with Crippen LogP contribution in [0.2, 0.25) is 0 Å². The highest BCUT2D eigenvalue weighted by atomic mass is 32.2. The first-order valence-electron chi connectivity index (χ1n) is 8.23. The number of aromatic nitrogens is 2. The fraction of sp³-hybridized carbons (Fsp3) is 0.158. The molecule has 8 heteroatoms. The van der Waals surface area contributed by atoms with E-state index in [1.807, 2.05) is 0 Å². The van der Waals surface area contributed by atoms with Crippen molar-refractivity contribution >= 4 is 34.5 Å². The summed E-state index contributed by atoms with van der Waals surface area (Å²) in [6, 6.07) is 14.4. The Labute approximate surface area is 158 Å². The molecule has 1 amide bonds. The lowest BCUT2D eigenvalue weighted by atomic mass is 10.1. The predicted octanol–water partition coefficient (Wildman–Crippen LogP) is 2.35. The molecule has 1 heterocycles. The van der Waals surface area contributed by atoms with Crippen LogP contribution in [-0.2, 0) is 9.59 Å². The number of amides is 1. The Hall–Kier alpha value is -3.13. The molecule has 27 heavy (non-hydrogen) atoms. The first-order valence-corrected chi connectivity index (χ1v) is 9.22. The number of rotatable bonds is 7. The van der Waals surface area contributed by atoms with Crippen LogP contribution in [0.4, 0.5) is 0 Å². The molecule has 0 spiro atoms. The van der Waals surface area contributed by atoms with Gasteiger partial charge in [0.05, 0.1) is 10.9 Å². The SMILES string of the molecule is O=C(CCSc1nc2ccccc2c(=O)[nH]1)N[C@H](C(=O)O)c1ccccc1. The van der Waals surface area contributed by atoms with Gasteiger partial charge in [-0.25, -0.2) is 9.78 Å². The van der Waals surface area contributed by atoms with Gasteiger partial charge in [-0.05, 0) is 17.7 Å². The number of hydrogen-bond donors (Lipinski definition) is 3. The molecule has 0 saturated heterocycles. The number of carboxylic acids is 1. The Bertz CT molecular complexity index is 1020. The maximum absolute atomic E-state index is 12.1. The molecule has 3 N–H and O–H groups in total. The molecule has 0 bridgehead atoms. The second kappa shape index (κ2) is 8.50. The second-order valence-electron chi connectivity index (χ2n) is 5.74. The number of nitrogens with zero attached hydrogens (tertiary/aromatic N) is 1. The molecule has 1 aromatic heterocycles. The molecule has 3 rings (SSSR count). The Morgan fingerprint density at radius 2 is 1.81 bits per heavy atom. The number of carboxylic acid groups (broad SMARTS) is 1. The van der Waals surface area contributed by atoms with Crippen LogP contribution < -0.4 is 10.9 Å². The first kappa shape index (κ1) is 18.7. The van der Waals surface area contributed by atoms with E-state index >= 15 is 0 Å². The number of carbonyl (C=O) groups excluding carboxylic acids is 1. The molecule has 0 saturated carbocycles. The van der Waals surface area contributed by atoms with Crippen molar-refractivity contribution < 1.29 is 14.7 Å². The molecule has 0 fully saturated rings. The number of H-pyrrole nitrogens is 1. The van der Waals surface area contributed by atoms with Gasteiger partial charge >= 0.3 is 5.97 Å². The molecule has 7 nitrogen and oxygen atoms in total. The molecule has 2 aromatic carbocycles. The minimum absolute atomic E-state index is 0.0951. The highest BCUT2D eigenvalue weighted by molar-refractivity contribution is 7.99. The molecular formula is C19H17N3O4S. The zero-order chi connectivity index (χ0) is 19.2. The molecule has 0 aliphatic carbocycles. The van der Waals surface area contributed by atoms with Gasteiger partial charge in [0.1, 0.15) is 0 Å². The van der Waals surface area contributed by atoms with Crippen molar-refractivity contribution in [1.29, 1.82) is 0 Å². The number of thioether (sulfide) groups is 1. The van der Waals surface area contributed by atoms with Gasteiger partial charge in [-0.2, -0.15) is 0 Å². The summed E-state index contributed by atoms with van der Waals surface area (Å²) in [5.41, 5.74) is 0.859. The van der Waals surface area contributed by atoms with Crippen molar-refractivity contribution in [1.82, 2.24) is 15.3 Å². The number of benzene rings is 2. The first-order chi connectivity index (χ1) is 13.0. The molecule has 0 unspecified atom stereocenters. The van der Waals surface area contributed by atoms with Crippen molar-refractivity contribution in [3.63, 3.8) is 0 Å². The maximum Gasteiger partial charge on any atom is 0.330 e. The van der Waals surface area contributed by atoms with Gasteiger partial charge in [-0.15, -0.1) is 0 Å². The number of carbonyl (C=O) groups is 2. The number of aromatic amines is 1. The highest BCUT2D eigenvalue weighted by Crippen LogP contribution is 2.17. The van der Waals surface area contributed by atoms with E-state index in [1.54, 1.807) is 54.6 Å². The molecular weight excluding hydrogens is 366 g/mol. The summed E-state index contributed by atoms with van der Waals surface area (Å²) in [5, 5.41) is 12.8. The molecule has 1 atom stereocenters. The van der Waals surface area contributed by atoms with E-state index in [4.69, 9.17) is 0 Å². The summed E-state index contributed by atoms with van der Waals surface area (Å²) >= 11 is 1.23. The van der Waals surface area contributed by atoms with Crippen molar-refractivity contribution in [3.05, 3.63) is 70.5 Å². The average Bonchev–Trinajstić information content (AvgIpc) is 2.66. The smallest absolute Gasteiger partial charge is 0.330 e. The lowest BCUT2D eigenvalue weighted by Crippen LogP contribution is -2.33. The Morgan fingerprint density at radius 3 is 2.56 bits per heavy atom. The van der Waals surface area contributed by atoms with Crippen LogP contribution in [-0.4, -0.2) is 32.7 Å². The van der Waals surface area contributed by atoms with E-state index < -0.39 is 12.0 Å². The third-order valence-corrected chi connectivity index (χ3v) is 4.72. The highest BCUT2D eigenvalue weighted by Gasteiger charge is 2.21. The zero-order valence-corrected chi connectivity index (χ0v) is 15.0. The molecule has 0 radical (unpaired) electrons. The van der Waals surface area contributed by atoms with E-state index in [2.05, 4.69) is 15.3 Å². The average molecular weight is 383 g/mol. The summed E-state index contributed by atoms with van der Waals surface area (Å²) in [4.78, 5) is 42.6. The summed E-state index contributed by atoms with van der Waals surface area (Å²) < 4.78 is 0. The third-order valence-electron chi connectivity index (χ3n) is 3.84. The third kappa shape index (κ3) is 4.73. The topological polar surface area (TPSA) is 112 Å². The summed E-state index contributed by atoms with van der Waals surface area (Å²) in [6.07, 6.45) is 0.0951. The Balaban J connectivity index is 1.59. The van der Waals surface area contributed by atoms with Crippen LogP contribution in [0.3, 0.4) is 0 Å². The Kier molecular flexibility index (Phi) is 5.87. The normalized spacial score (nSPS) is 11.9. The second-order valence-corrected chi connectivity index (χ2v) is 6.82. The van der Waals surface area contributed by atoms with Gasteiger partial charge in [0.15, 0.2) is 11.2 Å². The monoisotopic (exact) mass is 383 g/mol. The molecule has 138 valence electrons. The van der Waals surface area contributed by atoms with Crippen molar-refractivity contribution in [3.8, 4) is 0 Å². The Morgan fingerprint density at radius 1 is 1.11 bits per heavy atom. The zero-order valence-electron chi connectivity index (χ0n) is 14.2. The standard InChI is InChI=1S/C19H17N3O4S/c23-15(21-16(18(25)26)12-6-2-1-3-7-12)10-11-27-19-20-14-9-5-4-8-13(14)17(24)22-19/h1-9,16H,10-11H2,(H,21,23)(H,25,26)(H,20,22,24)/t16-/m0/s1. The van der Waals surface area contributed by atoms with Crippen molar-refractivity contribution in [2.45, 2.75) is 17.6 Å². The van der Waals surface area contributed by atoms with Gasteiger partial charge in [-0.1, -0.05) is 54.2 Å². The predicted molar refractivity (Wildman–Crippen MR) is 103 cm³/mol. The van der Waals surface area contributed by atoms with E-state index in [0.29, 0.717) is 27.4 Å². The lowest BCUT2D eigenvalue weighted by Gasteiger charge is -2.14. The van der Waals surface area contributed by atoms with Crippen LogP contribution >= 0.6 is 11.8 Å². The minimum atomic E-state index is -1.12. The number of nitrogens with one attached hydrogen (secondary N) is 2. The van der Waals surface area contributed by atoms with Crippen LogP contribution in [0, 0.1) is 0 Å². The van der Waals surface area contributed by atoms with Gasteiger partial charge in [0, 0.05) is 12.2 Å². The van der Waals surface area contributed by atoms with Crippen LogP contribution in [0.5, 0.6) is 0 Å². The minimum Gasteiger partial charge on any atom is -0.479 e. The number of aliphatic carboxylic acids is 1. The largest absolute Gasteiger partial charge is 0.479 e. The molecule has 3 aromatic rings. The van der Waals surface area contributed by atoms with E-state index in [-0.39, 0.29) is 17.9 Å². The molecule has 0 aliphatic heterocycles. The van der Waals surface area contributed by atoms with E-state index in [0.717, 1.165) is 0 Å². The van der Waals surface area contributed by atoms with Crippen molar-refractivity contribution in [2.24, 2.45) is 0 Å². The van der Waals surface area contributed by atoms with Crippen LogP contribution in [0.1, 0.15) is 18.0 Å². The fourth-order valence-corrected chi connectivity index (χ4v) is 3.35. The summed E-state index contributed by atoms with van der Waals surface area (Å²) in [5.74, 6) is -1.15. The van der Waals surface area contributed by atoms with Crippen molar-refractivity contribution in [2.75, 3.05) is 5.75 Å². The number of hydrogen-bond acceptors (Lipinski definition) is 5. The van der Waals surface area contributed by atoms with Gasteiger partial charge in [0.2, 0.25) is 5.91 Å². The van der Waals surface area contributed by atoms with Gasteiger partial charge in [-0.3, -0.25) is 9.59 Å². The maximum atomic E-state index is 12.1. The molecule has 0 aliphatic rings. The van der Waals surface area contributed by atoms with E-state index in [1.165, 1.54) is 11.8 Å². The summed E-state index contributed by atoms with van der Waals surface area (Å²) in [6.45, 7) is 0. The summed E-state index contributed by atoms with van der Waals surface area (Å²) in [7, 11) is 0. The van der Waals surface area contributed by atoms with Crippen LogP contribution in [0.15, 0.2) is 64.5 Å². The van der Waals surface area contributed by atoms with E-state index in [9.17, 15) is 19.5 Å². The van der Waals surface area contributed by atoms with Gasteiger partial charge in [0.25, 0.3) is 5.56 Å². The van der Waals surface area contributed by atoms with Gasteiger partial charge < -0.3 is 15.4 Å². The fourth-order valence-electron chi connectivity index (χ4n) is 2.54.